The van der Waals surface area contributed by atoms with Crippen molar-refractivity contribution in [2.45, 2.75) is 30.4 Å². The first-order valence-corrected chi connectivity index (χ1v) is 4.51. The largest absolute Gasteiger partial charge is 0.481 e. The molecule has 62 valence electrons. The van der Waals surface area contributed by atoms with E-state index in [1.807, 2.05) is 11.8 Å². The van der Waals surface area contributed by atoms with Crippen LogP contribution in [0, 0.1) is 0 Å². The maximum atomic E-state index is 9.00. The van der Waals surface area contributed by atoms with Gasteiger partial charge in [0.25, 0.3) is 5.97 Å². The van der Waals surface area contributed by atoms with Crippen molar-refractivity contribution in [2.24, 2.45) is 4.99 Å². The maximum Gasteiger partial charge on any atom is 0.300 e. The molecule has 2 atom stereocenters. The fraction of sp³-hybridized carbons (Fsp3) is 0.714. The van der Waals surface area contributed by atoms with Gasteiger partial charge >= 0.3 is 0 Å². The highest BCUT2D eigenvalue weighted by Crippen LogP contribution is 2.46. The van der Waals surface area contributed by atoms with E-state index in [-0.39, 0.29) is 0 Å². The standard InChI is InChI=1S/C5H7NS.C2H4O2/c1-2-4-5(7-4)6-3-1;1-2(3)4/h3-5H,1-2H2;1H3,(H,3,4). The summed E-state index contributed by atoms with van der Waals surface area (Å²) in [5, 5.41) is 9.03. The van der Waals surface area contributed by atoms with Gasteiger partial charge in [-0.15, -0.1) is 11.8 Å². The Labute approximate surface area is 69.9 Å². The molecule has 0 aromatic rings. The maximum absolute atomic E-state index is 9.00. The molecule has 0 aromatic carbocycles. The predicted octanol–water partition coefficient (Wildman–Crippen LogP) is 1.38. The van der Waals surface area contributed by atoms with Crippen LogP contribution in [-0.2, 0) is 4.79 Å². The van der Waals surface area contributed by atoms with Crippen molar-refractivity contribution < 1.29 is 9.90 Å². The van der Waals surface area contributed by atoms with Gasteiger partial charge in [-0.3, -0.25) is 9.79 Å². The van der Waals surface area contributed by atoms with Crippen LogP contribution in [0.2, 0.25) is 0 Å². The van der Waals surface area contributed by atoms with E-state index < -0.39 is 5.97 Å². The molecule has 2 aliphatic rings. The van der Waals surface area contributed by atoms with Gasteiger partial charge in [-0.25, -0.2) is 0 Å². The van der Waals surface area contributed by atoms with Crippen LogP contribution in [0.3, 0.4) is 0 Å². The molecule has 0 amide bonds. The molecule has 4 heteroatoms. The number of fused-ring (bicyclic) bond motifs is 1. The van der Waals surface area contributed by atoms with Gasteiger partial charge in [0.15, 0.2) is 0 Å². The average molecular weight is 173 g/mol. The monoisotopic (exact) mass is 173 g/mol. The van der Waals surface area contributed by atoms with Gasteiger partial charge in [0.05, 0.1) is 0 Å². The summed E-state index contributed by atoms with van der Waals surface area (Å²) in [5.41, 5.74) is 0. The van der Waals surface area contributed by atoms with Crippen molar-refractivity contribution in [3.05, 3.63) is 0 Å². The van der Waals surface area contributed by atoms with E-state index in [0.29, 0.717) is 5.37 Å². The minimum atomic E-state index is -0.833. The Balaban J connectivity index is 0.000000134. The minimum Gasteiger partial charge on any atom is -0.481 e. The van der Waals surface area contributed by atoms with Crippen LogP contribution in [0.1, 0.15) is 19.8 Å². The number of aliphatic carboxylic acids is 1. The molecule has 0 aliphatic carbocycles. The van der Waals surface area contributed by atoms with E-state index >= 15 is 0 Å². The quantitative estimate of drug-likeness (QED) is 0.563. The minimum absolute atomic E-state index is 0.689. The lowest BCUT2D eigenvalue weighted by molar-refractivity contribution is -0.134. The van der Waals surface area contributed by atoms with Gasteiger partial charge in [-0.1, -0.05) is 0 Å². The molecule has 1 fully saturated rings. The highest BCUT2D eigenvalue weighted by Gasteiger charge is 2.38. The van der Waals surface area contributed by atoms with Crippen molar-refractivity contribution in [1.82, 2.24) is 0 Å². The van der Waals surface area contributed by atoms with E-state index in [4.69, 9.17) is 9.90 Å². The smallest absolute Gasteiger partial charge is 0.300 e. The molecular formula is C7H11NO2S. The Hall–Kier alpha value is -0.510. The summed E-state index contributed by atoms with van der Waals surface area (Å²) in [6, 6.07) is 0. The summed E-state index contributed by atoms with van der Waals surface area (Å²) in [7, 11) is 0. The summed E-state index contributed by atoms with van der Waals surface area (Å²) in [6.07, 6.45) is 4.65. The molecule has 0 radical (unpaired) electrons. The summed E-state index contributed by atoms with van der Waals surface area (Å²) in [5.74, 6) is -0.833. The van der Waals surface area contributed by atoms with Gasteiger partial charge in [-0.2, -0.15) is 0 Å². The molecular weight excluding hydrogens is 162 g/mol. The molecule has 2 aliphatic heterocycles. The van der Waals surface area contributed by atoms with Crippen molar-refractivity contribution in [1.29, 1.82) is 0 Å². The number of rotatable bonds is 0. The molecule has 2 unspecified atom stereocenters. The van der Waals surface area contributed by atoms with E-state index in [1.54, 1.807) is 0 Å². The first-order valence-electron chi connectivity index (χ1n) is 3.57. The number of carboxylic acid groups (broad SMARTS) is 1. The van der Waals surface area contributed by atoms with Crippen molar-refractivity contribution in [2.75, 3.05) is 0 Å². The van der Waals surface area contributed by atoms with Gasteiger partial charge in [0.1, 0.15) is 5.37 Å². The number of nitrogens with zero attached hydrogens (tertiary/aromatic N) is 1. The summed E-state index contributed by atoms with van der Waals surface area (Å²) >= 11 is 2.00. The number of aliphatic imine (C=N–C) groups is 1. The third-order valence-corrected chi connectivity index (χ3v) is 2.65. The Bertz CT molecular complexity index is 177. The Kier molecular flexibility index (Phi) is 2.93. The van der Waals surface area contributed by atoms with Crippen LogP contribution >= 0.6 is 11.8 Å². The fourth-order valence-electron chi connectivity index (χ4n) is 0.893. The number of hydrogen-bond donors (Lipinski definition) is 1. The molecule has 2 heterocycles. The number of carbonyl (C=O) groups is 1. The zero-order valence-corrected chi connectivity index (χ0v) is 7.17. The summed E-state index contributed by atoms with van der Waals surface area (Å²) < 4.78 is 0. The molecule has 0 aromatic heterocycles. The molecule has 3 nitrogen and oxygen atoms in total. The Morgan fingerprint density at radius 2 is 2.45 bits per heavy atom. The van der Waals surface area contributed by atoms with Gasteiger partial charge in [-0.05, 0) is 12.8 Å². The lowest BCUT2D eigenvalue weighted by atomic mass is 10.2. The van der Waals surface area contributed by atoms with Gasteiger partial charge in [0, 0.05) is 18.4 Å². The van der Waals surface area contributed by atoms with Crippen LogP contribution in [0.5, 0.6) is 0 Å². The van der Waals surface area contributed by atoms with Crippen LogP contribution in [-0.4, -0.2) is 27.9 Å². The molecule has 1 saturated heterocycles. The number of thioether (sulfide) groups is 1. The van der Waals surface area contributed by atoms with Gasteiger partial charge < -0.3 is 5.11 Å². The van der Waals surface area contributed by atoms with E-state index in [2.05, 4.69) is 11.2 Å². The molecule has 0 saturated carbocycles. The van der Waals surface area contributed by atoms with Crippen LogP contribution in [0.15, 0.2) is 4.99 Å². The highest BCUT2D eigenvalue weighted by molar-refractivity contribution is 8.07. The van der Waals surface area contributed by atoms with Gasteiger partial charge in [0.2, 0.25) is 0 Å². The van der Waals surface area contributed by atoms with Crippen LogP contribution in [0.25, 0.3) is 0 Å². The zero-order chi connectivity index (χ0) is 8.27. The normalized spacial score (nSPS) is 31.4. The molecule has 1 N–H and O–H groups in total. The first kappa shape index (κ1) is 8.59. The van der Waals surface area contributed by atoms with Crippen LogP contribution < -0.4 is 0 Å². The summed E-state index contributed by atoms with van der Waals surface area (Å²) in [6.45, 7) is 1.08. The highest BCUT2D eigenvalue weighted by atomic mass is 32.2. The molecule has 2 rings (SSSR count). The Morgan fingerprint density at radius 1 is 1.82 bits per heavy atom. The topological polar surface area (TPSA) is 49.7 Å². The van der Waals surface area contributed by atoms with Crippen molar-refractivity contribution in [3.63, 3.8) is 0 Å². The lowest BCUT2D eigenvalue weighted by Gasteiger charge is -1.94. The van der Waals surface area contributed by atoms with E-state index in [9.17, 15) is 0 Å². The zero-order valence-electron chi connectivity index (χ0n) is 6.36. The average Bonchev–Trinajstić information content (AvgIpc) is 2.62. The molecule has 0 spiro atoms. The third-order valence-electron chi connectivity index (χ3n) is 1.39. The Morgan fingerprint density at radius 3 is 2.82 bits per heavy atom. The van der Waals surface area contributed by atoms with Crippen LogP contribution in [0.4, 0.5) is 0 Å². The molecule has 0 bridgehead atoms. The second-order valence-corrected chi connectivity index (χ2v) is 3.85. The molecule has 11 heavy (non-hydrogen) atoms. The number of carboxylic acids is 1. The second-order valence-electron chi connectivity index (χ2n) is 2.49. The number of hydrogen-bond acceptors (Lipinski definition) is 3. The van der Waals surface area contributed by atoms with Crippen molar-refractivity contribution in [3.8, 4) is 0 Å². The first-order chi connectivity index (χ1) is 5.20. The summed E-state index contributed by atoms with van der Waals surface area (Å²) in [4.78, 5) is 13.2. The van der Waals surface area contributed by atoms with E-state index in [1.165, 1.54) is 12.8 Å². The third kappa shape index (κ3) is 3.41. The second kappa shape index (κ2) is 3.76. The predicted molar refractivity (Wildman–Crippen MR) is 46.2 cm³/mol. The van der Waals surface area contributed by atoms with E-state index in [0.717, 1.165) is 12.2 Å². The lowest BCUT2D eigenvalue weighted by Crippen LogP contribution is -1.97. The SMILES string of the molecule is C1=NC2SC2CC1.CC(=O)O. The fourth-order valence-corrected chi connectivity index (χ4v) is 1.80. The van der Waals surface area contributed by atoms with Crippen molar-refractivity contribution >= 4 is 23.9 Å².